The molecule has 28 heavy (non-hydrogen) atoms. The summed E-state index contributed by atoms with van der Waals surface area (Å²) in [5.74, 6) is 0.336. The van der Waals surface area contributed by atoms with Crippen LogP contribution in [0.25, 0.3) is 0 Å². The molecule has 1 unspecified atom stereocenters. The third-order valence-corrected chi connectivity index (χ3v) is 4.86. The lowest BCUT2D eigenvalue weighted by Gasteiger charge is -2.35. The van der Waals surface area contributed by atoms with Gasteiger partial charge in [-0.1, -0.05) is 6.07 Å². The largest absolute Gasteiger partial charge is 0.491 e. The number of piperazine rings is 1. The van der Waals surface area contributed by atoms with E-state index in [0.717, 1.165) is 16.9 Å². The lowest BCUT2D eigenvalue weighted by atomic mass is 10.1. The average molecular weight is 386 g/mol. The number of benzene rings is 2. The van der Waals surface area contributed by atoms with Crippen LogP contribution in [-0.4, -0.2) is 66.2 Å². The van der Waals surface area contributed by atoms with Gasteiger partial charge in [-0.2, -0.15) is 0 Å². The minimum atomic E-state index is -0.597. The minimum absolute atomic E-state index is 0.0849. The number of hydrogen-bond acceptors (Lipinski definition) is 4. The number of halogens is 1. The van der Waals surface area contributed by atoms with Crippen molar-refractivity contribution < 1.29 is 19.0 Å². The quantitative estimate of drug-likeness (QED) is 0.829. The van der Waals surface area contributed by atoms with Crippen LogP contribution in [0.5, 0.6) is 5.75 Å². The van der Waals surface area contributed by atoms with E-state index in [1.165, 1.54) is 24.3 Å². The molecule has 6 heteroatoms. The third-order valence-electron chi connectivity index (χ3n) is 4.86. The summed E-state index contributed by atoms with van der Waals surface area (Å²) < 4.78 is 18.7. The van der Waals surface area contributed by atoms with Crippen LogP contribution in [0.15, 0.2) is 42.5 Å². The van der Waals surface area contributed by atoms with Gasteiger partial charge in [0.2, 0.25) is 0 Å². The molecule has 0 saturated carbocycles. The van der Waals surface area contributed by atoms with E-state index >= 15 is 0 Å². The molecule has 1 N–H and O–H groups in total. The Kier molecular flexibility index (Phi) is 6.65. The molecular weight excluding hydrogens is 359 g/mol. The van der Waals surface area contributed by atoms with Gasteiger partial charge in [-0.25, -0.2) is 4.39 Å². The number of amides is 1. The van der Waals surface area contributed by atoms with Crippen LogP contribution < -0.4 is 4.74 Å². The zero-order chi connectivity index (χ0) is 20.1. The van der Waals surface area contributed by atoms with Crippen molar-refractivity contribution in [1.82, 2.24) is 9.80 Å². The topological polar surface area (TPSA) is 53.0 Å². The maximum Gasteiger partial charge on any atom is 0.253 e. The van der Waals surface area contributed by atoms with Gasteiger partial charge < -0.3 is 14.7 Å². The first-order valence-corrected chi connectivity index (χ1v) is 9.57. The number of aliphatic hydroxyl groups excluding tert-OH is 1. The maximum absolute atomic E-state index is 13.0. The maximum atomic E-state index is 13.0. The van der Waals surface area contributed by atoms with Crippen molar-refractivity contribution in [2.24, 2.45) is 0 Å². The molecule has 0 aliphatic carbocycles. The highest BCUT2D eigenvalue weighted by atomic mass is 19.1. The van der Waals surface area contributed by atoms with Gasteiger partial charge in [-0.15, -0.1) is 0 Å². The van der Waals surface area contributed by atoms with E-state index in [1.807, 2.05) is 26.0 Å². The molecule has 0 aromatic heterocycles. The van der Waals surface area contributed by atoms with Crippen molar-refractivity contribution in [2.75, 3.05) is 39.3 Å². The molecule has 2 aromatic carbocycles. The Hall–Kier alpha value is -2.44. The summed E-state index contributed by atoms with van der Waals surface area (Å²) in [6.07, 6.45) is -0.597. The van der Waals surface area contributed by atoms with E-state index in [9.17, 15) is 14.3 Å². The first kappa shape index (κ1) is 20.3. The molecule has 1 fully saturated rings. The Labute approximate surface area is 165 Å². The minimum Gasteiger partial charge on any atom is -0.491 e. The summed E-state index contributed by atoms with van der Waals surface area (Å²) in [6, 6.07) is 11.6. The zero-order valence-corrected chi connectivity index (χ0v) is 16.4. The van der Waals surface area contributed by atoms with Crippen molar-refractivity contribution >= 4 is 5.91 Å². The van der Waals surface area contributed by atoms with Gasteiger partial charge in [0, 0.05) is 38.3 Å². The molecular formula is C22H27FN2O3. The van der Waals surface area contributed by atoms with Crippen LogP contribution in [0, 0.1) is 19.7 Å². The van der Waals surface area contributed by atoms with E-state index in [2.05, 4.69) is 11.0 Å². The first-order valence-electron chi connectivity index (χ1n) is 9.57. The van der Waals surface area contributed by atoms with Gasteiger partial charge in [0.25, 0.3) is 5.91 Å². The van der Waals surface area contributed by atoms with Gasteiger partial charge in [-0.05, 0) is 61.4 Å². The SMILES string of the molecule is Cc1cc(C)cc(OCC(O)CN2CCN(C(=O)c3ccc(F)cc3)CC2)c1. The third kappa shape index (κ3) is 5.53. The summed E-state index contributed by atoms with van der Waals surface area (Å²) in [5, 5.41) is 10.3. The number of hydrogen-bond donors (Lipinski definition) is 1. The Morgan fingerprint density at radius 1 is 1.07 bits per heavy atom. The monoisotopic (exact) mass is 386 g/mol. The highest BCUT2D eigenvalue weighted by molar-refractivity contribution is 5.94. The molecule has 1 heterocycles. The van der Waals surface area contributed by atoms with E-state index < -0.39 is 6.10 Å². The number of ether oxygens (including phenoxy) is 1. The molecule has 1 aliphatic heterocycles. The van der Waals surface area contributed by atoms with Crippen LogP contribution in [0.2, 0.25) is 0 Å². The van der Waals surface area contributed by atoms with Gasteiger partial charge in [0.05, 0.1) is 0 Å². The van der Waals surface area contributed by atoms with E-state index in [1.54, 1.807) is 4.90 Å². The van der Waals surface area contributed by atoms with Gasteiger partial charge in [-0.3, -0.25) is 9.69 Å². The zero-order valence-electron chi connectivity index (χ0n) is 16.4. The van der Waals surface area contributed by atoms with Crippen molar-refractivity contribution in [3.63, 3.8) is 0 Å². The fourth-order valence-corrected chi connectivity index (χ4v) is 3.47. The molecule has 3 rings (SSSR count). The Morgan fingerprint density at radius 2 is 1.68 bits per heavy atom. The number of aryl methyl sites for hydroxylation is 2. The Balaban J connectivity index is 1.43. The number of carbonyl (C=O) groups is 1. The van der Waals surface area contributed by atoms with Crippen LogP contribution in [-0.2, 0) is 0 Å². The molecule has 1 aliphatic rings. The number of aliphatic hydroxyl groups is 1. The van der Waals surface area contributed by atoms with Crippen molar-refractivity contribution in [2.45, 2.75) is 20.0 Å². The molecule has 0 bridgehead atoms. The van der Waals surface area contributed by atoms with Crippen molar-refractivity contribution in [3.05, 3.63) is 65.0 Å². The highest BCUT2D eigenvalue weighted by Crippen LogP contribution is 2.16. The molecule has 1 amide bonds. The lowest BCUT2D eigenvalue weighted by Crippen LogP contribution is -2.50. The van der Waals surface area contributed by atoms with Crippen molar-refractivity contribution in [1.29, 1.82) is 0 Å². The molecule has 1 atom stereocenters. The summed E-state index contributed by atoms with van der Waals surface area (Å²) in [5.41, 5.74) is 2.76. The Morgan fingerprint density at radius 3 is 2.29 bits per heavy atom. The molecule has 1 saturated heterocycles. The molecule has 0 spiro atoms. The van der Waals surface area contributed by atoms with E-state index in [-0.39, 0.29) is 18.3 Å². The van der Waals surface area contributed by atoms with Gasteiger partial charge in [0.15, 0.2) is 0 Å². The van der Waals surface area contributed by atoms with Gasteiger partial charge >= 0.3 is 0 Å². The van der Waals surface area contributed by atoms with Crippen LogP contribution in [0.1, 0.15) is 21.5 Å². The fourth-order valence-electron chi connectivity index (χ4n) is 3.47. The second-order valence-electron chi connectivity index (χ2n) is 7.39. The smallest absolute Gasteiger partial charge is 0.253 e. The standard InChI is InChI=1S/C22H27FN2O3/c1-16-11-17(2)13-21(12-16)28-15-20(26)14-24-7-9-25(10-8-24)22(27)18-3-5-19(23)6-4-18/h3-6,11-13,20,26H,7-10,14-15H2,1-2H3. The predicted octanol–water partition coefficient (Wildman–Crippen LogP) is 2.64. The van der Waals surface area contributed by atoms with Crippen molar-refractivity contribution in [3.8, 4) is 5.75 Å². The van der Waals surface area contributed by atoms with Crippen LogP contribution in [0.4, 0.5) is 4.39 Å². The number of carbonyl (C=O) groups excluding carboxylic acids is 1. The van der Waals surface area contributed by atoms with E-state index in [4.69, 9.17) is 4.74 Å². The summed E-state index contributed by atoms with van der Waals surface area (Å²) in [4.78, 5) is 16.4. The summed E-state index contributed by atoms with van der Waals surface area (Å²) >= 11 is 0. The normalized spacial score (nSPS) is 16.1. The number of rotatable bonds is 6. The Bertz CT molecular complexity index is 782. The fraction of sp³-hybridized carbons (Fsp3) is 0.409. The van der Waals surface area contributed by atoms with Gasteiger partial charge in [0.1, 0.15) is 24.3 Å². The first-order chi connectivity index (χ1) is 13.4. The number of nitrogens with zero attached hydrogens (tertiary/aromatic N) is 2. The molecule has 2 aromatic rings. The average Bonchev–Trinajstić information content (AvgIpc) is 2.66. The number of β-amino-alcohol motifs (C(OH)–C–C–N with tert-alkyl or cyclic N) is 1. The summed E-state index contributed by atoms with van der Waals surface area (Å²) in [7, 11) is 0. The predicted molar refractivity (Wildman–Crippen MR) is 106 cm³/mol. The molecule has 0 radical (unpaired) electrons. The lowest BCUT2D eigenvalue weighted by molar-refractivity contribution is 0.0403. The van der Waals surface area contributed by atoms with E-state index in [0.29, 0.717) is 38.3 Å². The highest BCUT2D eigenvalue weighted by Gasteiger charge is 2.23. The second-order valence-corrected chi connectivity index (χ2v) is 7.39. The molecule has 150 valence electrons. The molecule has 5 nitrogen and oxygen atoms in total. The van der Waals surface area contributed by atoms with Crippen LogP contribution >= 0.6 is 0 Å². The van der Waals surface area contributed by atoms with Crippen LogP contribution in [0.3, 0.4) is 0 Å². The second kappa shape index (κ2) is 9.17. The summed E-state index contributed by atoms with van der Waals surface area (Å²) in [6.45, 7) is 7.32.